The standard InChI is InChI=1S/C10H16N2O/c1-9-4-2-6-12-10(9)8-13-7-3-5-11/h2,4,6H,3,5,7-8,11H2,1H3. The summed E-state index contributed by atoms with van der Waals surface area (Å²) in [5, 5.41) is 0. The Kier molecular flexibility index (Phi) is 4.43. The minimum Gasteiger partial charge on any atom is -0.375 e. The smallest absolute Gasteiger partial charge is 0.0890 e. The second-order valence-corrected chi connectivity index (χ2v) is 2.96. The first kappa shape index (κ1) is 10.2. The van der Waals surface area contributed by atoms with Gasteiger partial charge in [-0.15, -0.1) is 0 Å². The molecule has 0 amide bonds. The molecule has 0 saturated carbocycles. The van der Waals surface area contributed by atoms with Crippen LogP contribution in [0.1, 0.15) is 17.7 Å². The van der Waals surface area contributed by atoms with Crippen molar-refractivity contribution in [3.8, 4) is 0 Å². The molecule has 0 aliphatic carbocycles. The lowest BCUT2D eigenvalue weighted by Crippen LogP contribution is -2.05. The highest BCUT2D eigenvalue weighted by Crippen LogP contribution is 2.04. The molecule has 0 fully saturated rings. The van der Waals surface area contributed by atoms with E-state index in [-0.39, 0.29) is 0 Å². The van der Waals surface area contributed by atoms with E-state index in [1.807, 2.05) is 19.1 Å². The average Bonchev–Trinajstić information content (AvgIpc) is 2.15. The largest absolute Gasteiger partial charge is 0.375 e. The van der Waals surface area contributed by atoms with Crippen LogP contribution in [-0.4, -0.2) is 18.1 Å². The lowest BCUT2D eigenvalue weighted by Gasteiger charge is -2.04. The lowest BCUT2D eigenvalue weighted by atomic mass is 10.2. The first-order valence-electron chi connectivity index (χ1n) is 4.53. The Morgan fingerprint density at radius 1 is 1.54 bits per heavy atom. The van der Waals surface area contributed by atoms with Crippen LogP contribution in [0.4, 0.5) is 0 Å². The highest BCUT2D eigenvalue weighted by Gasteiger charge is 1.97. The van der Waals surface area contributed by atoms with Gasteiger partial charge in [0.15, 0.2) is 0 Å². The Morgan fingerprint density at radius 2 is 2.38 bits per heavy atom. The van der Waals surface area contributed by atoms with Gasteiger partial charge >= 0.3 is 0 Å². The fourth-order valence-electron chi connectivity index (χ4n) is 1.02. The van der Waals surface area contributed by atoms with Gasteiger partial charge in [-0.25, -0.2) is 0 Å². The molecule has 0 spiro atoms. The van der Waals surface area contributed by atoms with E-state index in [2.05, 4.69) is 4.98 Å². The number of nitrogens with zero attached hydrogens (tertiary/aromatic N) is 1. The van der Waals surface area contributed by atoms with Crippen LogP contribution in [0.5, 0.6) is 0 Å². The molecule has 1 aromatic rings. The first-order valence-corrected chi connectivity index (χ1v) is 4.53. The average molecular weight is 180 g/mol. The summed E-state index contributed by atoms with van der Waals surface area (Å²) in [6.07, 6.45) is 2.69. The molecule has 0 aromatic carbocycles. The van der Waals surface area contributed by atoms with Crippen molar-refractivity contribution in [3.05, 3.63) is 29.6 Å². The van der Waals surface area contributed by atoms with E-state index in [4.69, 9.17) is 10.5 Å². The maximum atomic E-state index is 5.40. The zero-order chi connectivity index (χ0) is 9.52. The fourth-order valence-corrected chi connectivity index (χ4v) is 1.02. The van der Waals surface area contributed by atoms with Crippen molar-refractivity contribution in [1.82, 2.24) is 4.98 Å². The van der Waals surface area contributed by atoms with Crippen molar-refractivity contribution in [2.75, 3.05) is 13.2 Å². The highest BCUT2D eigenvalue weighted by atomic mass is 16.5. The predicted octanol–water partition coefficient (Wildman–Crippen LogP) is 1.26. The number of ether oxygens (including phenoxy) is 1. The topological polar surface area (TPSA) is 48.1 Å². The maximum absolute atomic E-state index is 5.40. The molecule has 0 unspecified atom stereocenters. The molecule has 0 atom stereocenters. The van der Waals surface area contributed by atoms with Gasteiger partial charge in [0.1, 0.15) is 0 Å². The molecule has 2 N–H and O–H groups in total. The summed E-state index contributed by atoms with van der Waals surface area (Å²) in [5.41, 5.74) is 7.53. The quantitative estimate of drug-likeness (QED) is 0.694. The molecule has 72 valence electrons. The van der Waals surface area contributed by atoms with Gasteiger partial charge in [0.2, 0.25) is 0 Å². The van der Waals surface area contributed by atoms with Gasteiger partial charge < -0.3 is 10.5 Å². The Hall–Kier alpha value is -0.930. The van der Waals surface area contributed by atoms with Crippen LogP contribution < -0.4 is 5.73 Å². The van der Waals surface area contributed by atoms with E-state index in [0.29, 0.717) is 19.8 Å². The first-order chi connectivity index (χ1) is 6.34. The lowest BCUT2D eigenvalue weighted by molar-refractivity contribution is 0.117. The van der Waals surface area contributed by atoms with Crippen molar-refractivity contribution < 1.29 is 4.74 Å². The monoisotopic (exact) mass is 180 g/mol. The third kappa shape index (κ3) is 3.53. The molecule has 1 rings (SSSR count). The number of nitrogens with two attached hydrogens (primary N) is 1. The van der Waals surface area contributed by atoms with Crippen molar-refractivity contribution in [3.63, 3.8) is 0 Å². The van der Waals surface area contributed by atoms with Crippen molar-refractivity contribution >= 4 is 0 Å². The molecular weight excluding hydrogens is 164 g/mol. The third-order valence-corrected chi connectivity index (χ3v) is 1.85. The van der Waals surface area contributed by atoms with E-state index in [9.17, 15) is 0 Å². The van der Waals surface area contributed by atoms with E-state index in [1.54, 1.807) is 6.20 Å². The van der Waals surface area contributed by atoms with Crippen LogP contribution >= 0.6 is 0 Å². The SMILES string of the molecule is Cc1cccnc1COCCCN. The number of aryl methyl sites for hydroxylation is 1. The molecule has 0 saturated heterocycles. The molecule has 3 nitrogen and oxygen atoms in total. The number of rotatable bonds is 5. The van der Waals surface area contributed by atoms with Crippen molar-refractivity contribution in [1.29, 1.82) is 0 Å². The summed E-state index contributed by atoms with van der Waals surface area (Å²) in [7, 11) is 0. The number of pyridine rings is 1. The molecule has 3 heteroatoms. The Labute approximate surface area is 78.9 Å². The Morgan fingerprint density at radius 3 is 3.08 bits per heavy atom. The van der Waals surface area contributed by atoms with Gasteiger partial charge in [-0.2, -0.15) is 0 Å². The molecule has 1 aromatic heterocycles. The summed E-state index contributed by atoms with van der Waals surface area (Å²) in [6, 6.07) is 3.97. The zero-order valence-corrected chi connectivity index (χ0v) is 7.99. The Balaban J connectivity index is 2.32. The summed E-state index contributed by atoms with van der Waals surface area (Å²) in [4.78, 5) is 4.22. The molecule has 1 heterocycles. The van der Waals surface area contributed by atoms with Gasteiger partial charge in [-0.05, 0) is 31.5 Å². The third-order valence-electron chi connectivity index (χ3n) is 1.85. The second kappa shape index (κ2) is 5.67. The van der Waals surface area contributed by atoms with Gasteiger partial charge in [-0.1, -0.05) is 6.07 Å². The number of aromatic nitrogens is 1. The summed E-state index contributed by atoms with van der Waals surface area (Å²) in [6.45, 7) is 4.02. The number of hydrogen-bond donors (Lipinski definition) is 1. The molecule has 13 heavy (non-hydrogen) atoms. The molecule has 0 bridgehead atoms. The van der Waals surface area contributed by atoms with E-state index >= 15 is 0 Å². The minimum absolute atomic E-state index is 0.590. The Bertz CT molecular complexity index is 250. The van der Waals surface area contributed by atoms with Crippen LogP contribution in [0.15, 0.2) is 18.3 Å². The highest BCUT2D eigenvalue weighted by molar-refractivity contribution is 5.16. The number of hydrogen-bond acceptors (Lipinski definition) is 3. The van der Waals surface area contributed by atoms with Crippen LogP contribution in [0.3, 0.4) is 0 Å². The zero-order valence-electron chi connectivity index (χ0n) is 7.99. The van der Waals surface area contributed by atoms with Gasteiger partial charge in [0.05, 0.1) is 12.3 Å². The van der Waals surface area contributed by atoms with Crippen LogP contribution in [0, 0.1) is 6.92 Å². The second-order valence-electron chi connectivity index (χ2n) is 2.96. The summed E-state index contributed by atoms with van der Waals surface area (Å²) < 4.78 is 5.40. The molecule has 0 aliphatic rings. The summed E-state index contributed by atoms with van der Waals surface area (Å²) in [5.74, 6) is 0. The van der Waals surface area contributed by atoms with Crippen LogP contribution in [-0.2, 0) is 11.3 Å². The van der Waals surface area contributed by atoms with Crippen molar-refractivity contribution in [2.24, 2.45) is 5.73 Å². The van der Waals surface area contributed by atoms with Gasteiger partial charge in [0, 0.05) is 12.8 Å². The van der Waals surface area contributed by atoms with Gasteiger partial charge in [0.25, 0.3) is 0 Å². The minimum atomic E-state index is 0.590. The fraction of sp³-hybridized carbons (Fsp3) is 0.500. The van der Waals surface area contributed by atoms with Gasteiger partial charge in [-0.3, -0.25) is 4.98 Å². The molecular formula is C10H16N2O. The van der Waals surface area contributed by atoms with E-state index in [1.165, 1.54) is 5.56 Å². The van der Waals surface area contributed by atoms with Crippen LogP contribution in [0.2, 0.25) is 0 Å². The van der Waals surface area contributed by atoms with Crippen molar-refractivity contribution in [2.45, 2.75) is 20.0 Å². The molecule has 0 aliphatic heterocycles. The van der Waals surface area contributed by atoms with Crippen LogP contribution in [0.25, 0.3) is 0 Å². The van der Waals surface area contributed by atoms with E-state index < -0.39 is 0 Å². The molecule has 0 radical (unpaired) electrons. The normalized spacial score (nSPS) is 10.3. The predicted molar refractivity (Wildman–Crippen MR) is 52.3 cm³/mol. The van der Waals surface area contributed by atoms with E-state index in [0.717, 1.165) is 12.1 Å². The summed E-state index contributed by atoms with van der Waals surface area (Å²) >= 11 is 0. The maximum Gasteiger partial charge on any atom is 0.0890 e.